The van der Waals surface area contributed by atoms with Crippen molar-refractivity contribution in [3.05, 3.63) is 129 Å². The van der Waals surface area contributed by atoms with E-state index in [2.05, 4.69) is 46.3 Å². The molecule has 0 bridgehead atoms. The number of ether oxygens (including phenoxy) is 1. The fraction of sp³-hybridized carbons (Fsp3) is 0.324. The van der Waals surface area contributed by atoms with Gasteiger partial charge in [-0.3, -0.25) is 9.78 Å². The maximum absolute atomic E-state index is 13.7. The van der Waals surface area contributed by atoms with Gasteiger partial charge in [0.2, 0.25) is 5.91 Å². The molecule has 0 unspecified atom stereocenters. The molecule has 0 aliphatic carbocycles. The lowest BCUT2D eigenvalue weighted by Gasteiger charge is -2.25. The highest BCUT2D eigenvalue weighted by Gasteiger charge is 2.25. The summed E-state index contributed by atoms with van der Waals surface area (Å²) < 4.78 is 5.44. The number of hydrogen-bond acceptors (Lipinski definition) is 8. The Morgan fingerprint density at radius 2 is 1.53 bits per heavy atom. The Balaban J connectivity index is 1.47. The van der Waals surface area contributed by atoms with Gasteiger partial charge in [-0.25, -0.2) is 14.6 Å². The van der Waals surface area contributed by atoms with Crippen molar-refractivity contribution in [3.8, 4) is 0 Å². The van der Waals surface area contributed by atoms with Gasteiger partial charge >= 0.3 is 12.1 Å². The zero-order valence-corrected chi connectivity index (χ0v) is 29.9. The van der Waals surface area contributed by atoms with Gasteiger partial charge in [-0.05, 0) is 36.5 Å². The van der Waals surface area contributed by atoms with Gasteiger partial charge in [-0.15, -0.1) is 22.7 Å². The van der Waals surface area contributed by atoms with E-state index in [9.17, 15) is 14.4 Å². The van der Waals surface area contributed by atoms with Crippen LogP contribution in [0, 0.1) is 0 Å². The molecule has 10 nitrogen and oxygen atoms in total. The molecule has 49 heavy (non-hydrogen) atoms. The molecule has 2 heterocycles. The van der Waals surface area contributed by atoms with Crippen LogP contribution in [0.4, 0.5) is 9.59 Å². The number of hydrogen-bond donors (Lipinski definition) is 3. The quantitative estimate of drug-likeness (QED) is 0.113. The summed E-state index contributed by atoms with van der Waals surface area (Å²) in [5.74, 6) is -0.0910. The van der Waals surface area contributed by atoms with Crippen molar-refractivity contribution < 1.29 is 19.1 Å². The number of alkyl carbamates (subject to hydrolysis) is 1. The average Bonchev–Trinajstić information content (AvgIpc) is 3.78. The SMILES string of the molecule is C=C(C)[C@H](NC(=O)N(C)Cc1csc(C(C)C)n1)C(=O)N[C@H](/C=C/[C@H](Cc1ccccc1)NC(=O)OCc1cncs1)Cc1ccccc1. The molecule has 2 aromatic carbocycles. The van der Waals surface area contributed by atoms with Crippen LogP contribution in [0.1, 0.15) is 53.4 Å². The number of nitrogens with one attached hydrogen (secondary N) is 3. The number of carbonyl (C=O) groups excluding carboxylic acids is 3. The van der Waals surface area contributed by atoms with E-state index in [0.717, 1.165) is 26.7 Å². The summed E-state index contributed by atoms with van der Waals surface area (Å²) in [5, 5.41) is 11.8. The first-order valence-corrected chi connectivity index (χ1v) is 17.8. The smallest absolute Gasteiger partial charge is 0.407 e. The van der Waals surface area contributed by atoms with E-state index in [4.69, 9.17) is 4.74 Å². The number of benzene rings is 2. The molecule has 0 aliphatic heterocycles. The summed E-state index contributed by atoms with van der Waals surface area (Å²) in [6.45, 7) is 10.3. The van der Waals surface area contributed by atoms with Crippen molar-refractivity contribution in [3.63, 3.8) is 0 Å². The van der Waals surface area contributed by atoms with Crippen LogP contribution in [0.3, 0.4) is 0 Å². The van der Waals surface area contributed by atoms with Gasteiger partial charge in [-0.1, -0.05) is 93.2 Å². The molecule has 0 aliphatic rings. The number of rotatable bonds is 16. The van der Waals surface area contributed by atoms with Gasteiger partial charge in [0.1, 0.15) is 12.6 Å². The minimum absolute atomic E-state index is 0.122. The van der Waals surface area contributed by atoms with E-state index >= 15 is 0 Å². The van der Waals surface area contributed by atoms with E-state index < -0.39 is 36.2 Å². The molecule has 12 heteroatoms. The van der Waals surface area contributed by atoms with Crippen molar-refractivity contribution in [2.75, 3.05) is 7.05 Å². The molecule has 3 N–H and O–H groups in total. The van der Waals surface area contributed by atoms with Gasteiger partial charge in [0, 0.05) is 24.5 Å². The van der Waals surface area contributed by atoms with Crippen LogP contribution in [-0.4, -0.2) is 58.1 Å². The molecule has 0 saturated carbocycles. The molecule has 0 spiro atoms. The minimum Gasteiger partial charge on any atom is -0.444 e. The van der Waals surface area contributed by atoms with E-state index in [0.29, 0.717) is 30.9 Å². The van der Waals surface area contributed by atoms with Gasteiger partial charge in [-0.2, -0.15) is 0 Å². The summed E-state index contributed by atoms with van der Waals surface area (Å²) in [4.78, 5) is 50.7. The van der Waals surface area contributed by atoms with Crippen molar-refractivity contribution in [1.29, 1.82) is 0 Å². The van der Waals surface area contributed by atoms with Gasteiger partial charge in [0.15, 0.2) is 0 Å². The lowest BCUT2D eigenvalue weighted by atomic mass is 10.0. The summed E-state index contributed by atoms with van der Waals surface area (Å²) in [6.07, 6.45) is 5.84. The third-order valence-corrected chi connectivity index (χ3v) is 9.41. The molecule has 0 fully saturated rings. The highest BCUT2D eigenvalue weighted by Crippen LogP contribution is 2.20. The van der Waals surface area contributed by atoms with E-state index in [1.54, 1.807) is 37.0 Å². The fourth-order valence-electron chi connectivity index (χ4n) is 4.87. The number of carbonyl (C=O) groups is 3. The number of urea groups is 1. The Labute approximate surface area is 296 Å². The molecule has 3 atom stereocenters. The molecule has 258 valence electrons. The van der Waals surface area contributed by atoms with Crippen LogP contribution in [0.15, 0.2) is 102 Å². The van der Waals surface area contributed by atoms with E-state index in [1.807, 2.05) is 78.2 Å². The maximum atomic E-state index is 13.7. The van der Waals surface area contributed by atoms with E-state index in [-0.39, 0.29) is 6.61 Å². The van der Waals surface area contributed by atoms with E-state index in [1.165, 1.54) is 16.2 Å². The predicted octanol–water partition coefficient (Wildman–Crippen LogP) is 6.63. The van der Waals surface area contributed by atoms with Crippen LogP contribution in [-0.2, 0) is 35.5 Å². The maximum Gasteiger partial charge on any atom is 0.407 e. The number of nitrogens with zero attached hydrogens (tertiary/aromatic N) is 3. The minimum atomic E-state index is -0.969. The third kappa shape index (κ3) is 12.3. The first-order chi connectivity index (χ1) is 23.6. The Hall–Kier alpha value is -4.81. The molecular formula is C37H44N6O4S2. The molecule has 0 radical (unpaired) electrons. The number of aromatic nitrogens is 2. The summed E-state index contributed by atoms with van der Waals surface area (Å²) in [6, 6.07) is 17.3. The predicted molar refractivity (Wildman–Crippen MR) is 195 cm³/mol. The molecule has 4 rings (SSSR count). The lowest BCUT2D eigenvalue weighted by Crippen LogP contribution is -2.52. The Morgan fingerprint density at radius 1 is 0.918 bits per heavy atom. The zero-order chi connectivity index (χ0) is 35.2. The molecule has 4 amide bonds. The number of thiazole rings is 2. The van der Waals surface area contributed by atoms with Crippen LogP contribution in [0.5, 0.6) is 0 Å². The Kier molecular flexibility index (Phi) is 14.1. The van der Waals surface area contributed by atoms with Crippen LogP contribution in [0.2, 0.25) is 0 Å². The molecular weight excluding hydrogens is 657 g/mol. The topological polar surface area (TPSA) is 126 Å². The van der Waals surface area contributed by atoms with Crippen LogP contribution >= 0.6 is 22.7 Å². The van der Waals surface area contributed by atoms with Crippen LogP contribution in [0.25, 0.3) is 0 Å². The second-order valence-electron chi connectivity index (χ2n) is 12.1. The fourth-order valence-corrected chi connectivity index (χ4v) is 6.20. The average molecular weight is 701 g/mol. The standard InChI is InChI=1S/C37H44N6O4S2/c1-25(2)33(42-36(45)43(5)21-31-23-48-35(40-31)26(3)4)34(44)39-29(18-27-12-8-6-9-13-27)16-17-30(19-28-14-10-7-11-15-28)41-37(46)47-22-32-20-38-24-49-32/h6-17,20,23-24,26,29-30,33H,1,18-19,21-22H2,2-5H3,(H,39,44)(H,41,46)(H,42,45)/b17-16+/t29-,30-,33+/m1/s1. The molecule has 0 saturated heterocycles. The highest BCUT2D eigenvalue weighted by atomic mass is 32.1. The molecule has 2 aromatic heterocycles. The van der Waals surface area contributed by atoms with Gasteiger partial charge < -0.3 is 25.6 Å². The summed E-state index contributed by atoms with van der Waals surface area (Å²) in [5.41, 5.74) is 5.00. The Morgan fingerprint density at radius 3 is 2.06 bits per heavy atom. The first-order valence-electron chi connectivity index (χ1n) is 16.1. The summed E-state index contributed by atoms with van der Waals surface area (Å²) >= 11 is 2.98. The lowest BCUT2D eigenvalue weighted by molar-refractivity contribution is -0.122. The second-order valence-corrected chi connectivity index (χ2v) is 14.0. The second kappa shape index (κ2) is 18.7. The number of amides is 4. The first kappa shape index (κ1) is 37.0. The normalized spacial score (nSPS) is 13.0. The third-order valence-electron chi connectivity index (χ3n) is 7.46. The molecule has 4 aromatic rings. The largest absolute Gasteiger partial charge is 0.444 e. The van der Waals surface area contributed by atoms with Crippen molar-refractivity contribution >= 4 is 40.7 Å². The highest BCUT2D eigenvalue weighted by molar-refractivity contribution is 7.09. The Bertz CT molecular complexity index is 1680. The van der Waals surface area contributed by atoms with Crippen molar-refractivity contribution in [2.45, 2.75) is 70.8 Å². The van der Waals surface area contributed by atoms with Gasteiger partial charge in [0.05, 0.1) is 39.7 Å². The van der Waals surface area contributed by atoms with Crippen molar-refractivity contribution in [2.24, 2.45) is 0 Å². The summed E-state index contributed by atoms with van der Waals surface area (Å²) in [7, 11) is 1.67. The zero-order valence-electron chi connectivity index (χ0n) is 28.3. The van der Waals surface area contributed by atoms with Crippen LogP contribution < -0.4 is 16.0 Å². The van der Waals surface area contributed by atoms with Gasteiger partial charge in [0.25, 0.3) is 0 Å². The van der Waals surface area contributed by atoms with Crippen molar-refractivity contribution in [1.82, 2.24) is 30.8 Å². The monoisotopic (exact) mass is 700 g/mol.